The normalized spacial score (nSPS) is 28.5. The molecule has 0 aromatic heterocycles. The van der Waals surface area contributed by atoms with E-state index in [0.717, 1.165) is 28.2 Å². The minimum atomic E-state index is -0.901. The minimum Gasteiger partial charge on any atom is -0.497 e. The van der Waals surface area contributed by atoms with Crippen LogP contribution in [0.5, 0.6) is 11.5 Å². The number of aliphatic hydroxyl groups excluding tert-OH is 3. The largest absolute Gasteiger partial charge is 0.497 e. The summed E-state index contributed by atoms with van der Waals surface area (Å²) in [7, 11) is 3.31. The molecule has 0 radical (unpaired) electrons. The fraction of sp³-hybridized carbons (Fsp3) is 0.535. The fourth-order valence-electron chi connectivity index (χ4n) is 8.25. The zero-order valence-electron chi connectivity index (χ0n) is 32.5. The first kappa shape index (κ1) is 41.8. The van der Waals surface area contributed by atoms with Gasteiger partial charge in [-0.05, 0) is 89.3 Å². The number of amides is 2. The Balaban J connectivity index is 0.000000350. The van der Waals surface area contributed by atoms with Crippen LogP contribution >= 0.6 is 0 Å². The number of rotatable bonds is 11. The Bertz CT molecular complexity index is 1540. The third-order valence-electron chi connectivity index (χ3n) is 11.9. The quantitative estimate of drug-likeness (QED) is 0.167. The SMILES string of the molecule is CC(=O)NC1C(O)CC(CO)C(C)C1C.COc1ccc(C(OCC2CC(O)C(NC(C)=O)C(C)C2C)(c2ccccc2)c2ccc(OC)cc2)cc1. The lowest BCUT2D eigenvalue weighted by molar-refractivity contribution is -0.123. The topological polar surface area (TPSA) is 147 Å². The Hall–Kier alpha value is -3.96. The van der Waals surface area contributed by atoms with E-state index in [-0.39, 0.29) is 60.1 Å². The molecule has 290 valence electrons. The standard InChI is InChI=1S/C32H39NO5.C11H21NO3/c1-21-22(2)31(33-23(3)34)30(35)19-24(21)20-38-32(25-9-7-6-8-10-25,26-11-15-28(36-4)16-12-26)27-13-17-29(37-5)18-14-27;1-6-7(2)11(12-8(3)14)10(15)4-9(6)5-13/h6-18,21-22,24,30-31,35H,19-20H2,1-5H3,(H,33,34);6-7,9-11,13,15H,4-5H2,1-3H3,(H,12,14). The fourth-order valence-corrected chi connectivity index (χ4v) is 8.25. The van der Waals surface area contributed by atoms with Crippen molar-refractivity contribution in [2.24, 2.45) is 35.5 Å². The highest BCUT2D eigenvalue weighted by atomic mass is 16.5. The van der Waals surface area contributed by atoms with Crippen LogP contribution in [0.25, 0.3) is 0 Å². The lowest BCUT2D eigenvalue weighted by Gasteiger charge is -2.45. The number of aliphatic hydroxyl groups is 3. The van der Waals surface area contributed by atoms with Crippen LogP contribution in [0, 0.1) is 35.5 Å². The summed E-state index contributed by atoms with van der Waals surface area (Å²) in [5, 5.41) is 35.8. The van der Waals surface area contributed by atoms with Gasteiger partial charge < -0.3 is 40.2 Å². The number of hydrogen-bond acceptors (Lipinski definition) is 8. The smallest absolute Gasteiger partial charge is 0.217 e. The lowest BCUT2D eigenvalue weighted by Crippen LogP contribution is -2.54. The van der Waals surface area contributed by atoms with E-state index < -0.39 is 17.8 Å². The van der Waals surface area contributed by atoms with Crippen LogP contribution in [0.1, 0.15) is 71.1 Å². The molecule has 0 saturated heterocycles. The predicted octanol–water partition coefficient (Wildman–Crippen LogP) is 5.31. The van der Waals surface area contributed by atoms with Crippen molar-refractivity contribution in [3.8, 4) is 11.5 Å². The zero-order valence-corrected chi connectivity index (χ0v) is 32.5. The molecule has 2 aliphatic rings. The van der Waals surface area contributed by atoms with E-state index in [1.807, 2.05) is 73.7 Å². The molecule has 2 saturated carbocycles. The first-order valence-electron chi connectivity index (χ1n) is 18.8. The zero-order chi connectivity index (χ0) is 38.9. The molecule has 10 heteroatoms. The molecule has 10 atom stereocenters. The van der Waals surface area contributed by atoms with E-state index >= 15 is 0 Å². The molecule has 0 heterocycles. The summed E-state index contributed by atoms with van der Waals surface area (Å²) < 4.78 is 18.0. The number of carbonyl (C=O) groups excluding carboxylic acids is 2. The molecule has 3 aromatic rings. The third kappa shape index (κ3) is 9.78. The van der Waals surface area contributed by atoms with E-state index in [9.17, 15) is 19.8 Å². The number of ether oxygens (including phenoxy) is 3. The third-order valence-corrected chi connectivity index (χ3v) is 11.9. The van der Waals surface area contributed by atoms with E-state index in [2.05, 4.69) is 43.5 Å². The van der Waals surface area contributed by atoms with Crippen LogP contribution in [0.3, 0.4) is 0 Å². The van der Waals surface area contributed by atoms with Crippen molar-refractivity contribution in [1.29, 1.82) is 0 Å². The van der Waals surface area contributed by atoms with Gasteiger partial charge in [0.05, 0.1) is 45.1 Å². The van der Waals surface area contributed by atoms with Crippen molar-refractivity contribution < 1.29 is 39.1 Å². The van der Waals surface area contributed by atoms with Gasteiger partial charge in [-0.3, -0.25) is 9.59 Å². The van der Waals surface area contributed by atoms with Crippen molar-refractivity contribution >= 4 is 11.8 Å². The van der Waals surface area contributed by atoms with E-state index in [4.69, 9.17) is 19.3 Å². The maximum Gasteiger partial charge on any atom is 0.217 e. The van der Waals surface area contributed by atoms with Crippen LogP contribution in [-0.4, -0.2) is 78.9 Å². The average molecular weight is 733 g/mol. The molecule has 0 aliphatic heterocycles. The Morgan fingerprint density at radius 2 is 1.04 bits per heavy atom. The van der Waals surface area contributed by atoms with Gasteiger partial charge in [0.1, 0.15) is 17.1 Å². The molecule has 5 rings (SSSR count). The molecule has 0 bridgehead atoms. The van der Waals surface area contributed by atoms with E-state index in [1.54, 1.807) is 14.2 Å². The second-order valence-corrected chi connectivity index (χ2v) is 15.0. The molecular weight excluding hydrogens is 672 g/mol. The van der Waals surface area contributed by atoms with Crippen LogP contribution < -0.4 is 20.1 Å². The predicted molar refractivity (Wildman–Crippen MR) is 205 cm³/mol. The van der Waals surface area contributed by atoms with Crippen molar-refractivity contribution in [2.75, 3.05) is 27.4 Å². The Morgan fingerprint density at radius 3 is 1.43 bits per heavy atom. The van der Waals surface area contributed by atoms with Crippen LogP contribution in [-0.2, 0) is 19.9 Å². The van der Waals surface area contributed by atoms with Crippen molar-refractivity contribution in [3.63, 3.8) is 0 Å². The maximum atomic E-state index is 11.7. The van der Waals surface area contributed by atoms with Crippen molar-refractivity contribution in [1.82, 2.24) is 10.6 Å². The molecule has 5 N–H and O–H groups in total. The molecular formula is C43H60N2O8. The highest BCUT2D eigenvalue weighted by Crippen LogP contribution is 2.44. The molecule has 10 unspecified atom stereocenters. The summed E-state index contributed by atoms with van der Waals surface area (Å²) in [6, 6.07) is 25.8. The number of carbonyl (C=O) groups is 2. The average Bonchev–Trinajstić information content (AvgIpc) is 3.16. The summed E-state index contributed by atoms with van der Waals surface area (Å²) in [4.78, 5) is 22.7. The molecule has 2 amide bonds. The highest BCUT2D eigenvalue weighted by molar-refractivity contribution is 5.73. The highest BCUT2D eigenvalue weighted by Gasteiger charge is 2.44. The van der Waals surface area contributed by atoms with Gasteiger partial charge in [-0.1, -0.05) is 82.3 Å². The van der Waals surface area contributed by atoms with Crippen molar-refractivity contribution in [3.05, 3.63) is 95.6 Å². The lowest BCUT2D eigenvalue weighted by atomic mass is 9.70. The van der Waals surface area contributed by atoms with Gasteiger partial charge in [0, 0.05) is 20.5 Å². The second-order valence-electron chi connectivity index (χ2n) is 15.0. The van der Waals surface area contributed by atoms with Gasteiger partial charge in [0.2, 0.25) is 11.8 Å². The Kier molecular flexibility index (Phi) is 14.9. The molecule has 10 nitrogen and oxygen atoms in total. The van der Waals surface area contributed by atoms with Gasteiger partial charge in [-0.2, -0.15) is 0 Å². The van der Waals surface area contributed by atoms with Crippen LogP contribution in [0.2, 0.25) is 0 Å². The van der Waals surface area contributed by atoms with Gasteiger partial charge in [-0.15, -0.1) is 0 Å². The van der Waals surface area contributed by atoms with Gasteiger partial charge >= 0.3 is 0 Å². The van der Waals surface area contributed by atoms with Crippen molar-refractivity contribution in [2.45, 2.75) is 84.3 Å². The molecule has 2 aliphatic carbocycles. The first-order chi connectivity index (χ1) is 25.3. The number of nitrogens with one attached hydrogen (secondary N) is 2. The number of hydrogen-bond donors (Lipinski definition) is 5. The summed E-state index contributed by atoms with van der Waals surface area (Å²) in [6.07, 6.45) is -0.0662. The monoisotopic (exact) mass is 732 g/mol. The molecule has 0 spiro atoms. The van der Waals surface area contributed by atoms with Crippen LogP contribution in [0.15, 0.2) is 78.9 Å². The van der Waals surface area contributed by atoms with E-state index in [0.29, 0.717) is 25.4 Å². The summed E-state index contributed by atoms with van der Waals surface area (Å²) in [6.45, 7) is 11.8. The Labute approximate surface area is 315 Å². The summed E-state index contributed by atoms with van der Waals surface area (Å²) in [5.74, 6) is 2.39. The molecule has 3 aromatic carbocycles. The minimum absolute atomic E-state index is 0.101. The first-order valence-corrected chi connectivity index (χ1v) is 18.8. The second kappa shape index (κ2) is 18.9. The maximum absolute atomic E-state index is 11.7. The summed E-state index contributed by atoms with van der Waals surface area (Å²) >= 11 is 0. The number of methoxy groups -OCH3 is 2. The van der Waals surface area contributed by atoms with Gasteiger partial charge in [0.15, 0.2) is 0 Å². The molecule has 53 heavy (non-hydrogen) atoms. The summed E-state index contributed by atoms with van der Waals surface area (Å²) in [5.41, 5.74) is 2.05. The number of benzene rings is 3. The Morgan fingerprint density at radius 1 is 0.642 bits per heavy atom. The van der Waals surface area contributed by atoms with Gasteiger partial charge in [-0.25, -0.2) is 0 Å². The molecule has 2 fully saturated rings. The van der Waals surface area contributed by atoms with Gasteiger partial charge in [0.25, 0.3) is 0 Å². The van der Waals surface area contributed by atoms with Crippen LogP contribution in [0.4, 0.5) is 0 Å². The van der Waals surface area contributed by atoms with E-state index in [1.165, 1.54) is 13.8 Å².